The van der Waals surface area contributed by atoms with Gasteiger partial charge in [-0.15, -0.1) is 5.10 Å². The summed E-state index contributed by atoms with van der Waals surface area (Å²) in [7, 11) is 0. The molecule has 0 spiro atoms. The van der Waals surface area contributed by atoms with Gasteiger partial charge in [0, 0.05) is 31.9 Å². The van der Waals surface area contributed by atoms with Crippen LogP contribution in [0.5, 0.6) is 0 Å². The van der Waals surface area contributed by atoms with Gasteiger partial charge in [0.25, 0.3) is 0 Å². The number of para-hydroxylation sites is 1. The van der Waals surface area contributed by atoms with E-state index in [0.29, 0.717) is 6.04 Å². The van der Waals surface area contributed by atoms with E-state index in [-0.39, 0.29) is 0 Å². The molecule has 7 heteroatoms. The molecule has 128 valence electrons. The molecule has 0 amide bonds. The molecule has 0 radical (unpaired) electrons. The Hall–Kier alpha value is -2.80. The fourth-order valence-electron chi connectivity index (χ4n) is 3.39. The highest BCUT2D eigenvalue weighted by Gasteiger charge is 2.25. The number of hydrogen-bond donors (Lipinski definition) is 1. The Balaban J connectivity index is 1.40. The van der Waals surface area contributed by atoms with Gasteiger partial charge in [-0.1, -0.05) is 18.2 Å². The molecular weight excluding hydrogens is 314 g/mol. The fourth-order valence-corrected chi connectivity index (χ4v) is 3.39. The zero-order valence-electron chi connectivity index (χ0n) is 14.0. The van der Waals surface area contributed by atoms with E-state index < -0.39 is 0 Å². The summed E-state index contributed by atoms with van der Waals surface area (Å²) in [5.74, 6) is 0.967. The maximum Gasteiger partial charge on any atom is 0.151 e. The van der Waals surface area contributed by atoms with Crippen LogP contribution in [0.3, 0.4) is 0 Å². The Morgan fingerprint density at radius 3 is 2.96 bits per heavy atom. The summed E-state index contributed by atoms with van der Waals surface area (Å²) in [4.78, 5) is 6.39. The fraction of sp³-hybridized carbons (Fsp3) is 0.333. The lowest BCUT2D eigenvalue weighted by atomic mass is 10.1. The molecule has 3 heterocycles. The zero-order valence-corrected chi connectivity index (χ0v) is 14.0. The second-order valence-electron chi connectivity index (χ2n) is 6.17. The molecule has 0 saturated carbocycles. The van der Waals surface area contributed by atoms with Crippen LogP contribution in [0.15, 0.2) is 55.2 Å². The Morgan fingerprint density at radius 2 is 2.12 bits per heavy atom. The van der Waals surface area contributed by atoms with Crippen LogP contribution >= 0.6 is 0 Å². The van der Waals surface area contributed by atoms with Crippen LogP contribution in [0, 0.1) is 0 Å². The molecule has 1 saturated heterocycles. The van der Waals surface area contributed by atoms with Gasteiger partial charge >= 0.3 is 0 Å². The number of hydrogen-bond acceptors (Lipinski definition) is 6. The summed E-state index contributed by atoms with van der Waals surface area (Å²) in [5, 5.41) is 16.1. The van der Waals surface area contributed by atoms with Crippen molar-refractivity contribution >= 4 is 5.82 Å². The molecule has 2 aromatic heterocycles. The molecule has 0 bridgehead atoms. The Kier molecular flexibility index (Phi) is 4.65. The van der Waals surface area contributed by atoms with Crippen molar-refractivity contribution in [3.63, 3.8) is 0 Å². The Morgan fingerprint density at radius 1 is 1.16 bits per heavy atom. The summed E-state index contributed by atoms with van der Waals surface area (Å²) < 4.78 is 1.80. The predicted octanol–water partition coefficient (Wildman–Crippen LogP) is 1.82. The van der Waals surface area contributed by atoms with Crippen molar-refractivity contribution in [3.05, 3.63) is 60.8 Å². The molecule has 25 heavy (non-hydrogen) atoms. The SMILES string of the molecule is c1cnnc(N2CCC[C@@H]2CNCc2ccccc2-n2cncn2)c1. The normalized spacial score (nSPS) is 17.1. The number of benzene rings is 1. The van der Waals surface area contributed by atoms with Crippen LogP contribution in [0.4, 0.5) is 5.82 Å². The number of anilines is 1. The molecule has 0 aliphatic carbocycles. The largest absolute Gasteiger partial charge is 0.351 e. The van der Waals surface area contributed by atoms with Crippen molar-refractivity contribution in [1.29, 1.82) is 0 Å². The maximum absolute atomic E-state index is 4.25. The third-order valence-corrected chi connectivity index (χ3v) is 4.58. The van der Waals surface area contributed by atoms with E-state index in [1.807, 2.05) is 18.2 Å². The monoisotopic (exact) mass is 335 g/mol. The van der Waals surface area contributed by atoms with Crippen LogP contribution < -0.4 is 10.2 Å². The van der Waals surface area contributed by atoms with Crippen LogP contribution in [0.1, 0.15) is 18.4 Å². The molecule has 3 aromatic rings. The predicted molar refractivity (Wildman–Crippen MR) is 95.5 cm³/mol. The van der Waals surface area contributed by atoms with Crippen molar-refractivity contribution in [2.45, 2.75) is 25.4 Å². The van der Waals surface area contributed by atoms with E-state index in [1.54, 1.807) is 23.5 Å². The first-order chi connectivity index (χ1) is 12.4. The standard InChI is InChI=1S/C18H21N7/c1-2-7-17(25-14-20-13-22-25)15(5-1)11-19-12-16-6-4-10-24(16)18-8-3-9-21-23-18/h1-3,5,7-9,13-14,16,19H,4,6,10-12H2/t16-/m1/s1. The van der Waals surface area contributed by atoms with Gasteiger partial charge in [-0.2, -0.15) is 10.2 Å². The summed E-state index contributed by atoms with van der Waals surface area (Å²) in [6.45, 7) is 2.75. The number of nitrogens with zero attached hydrogens (tertiary/aromatic N) is 6. The first-order valence-electron chi connectivity index (χ1n) is 8.60. The minimum Gasteiger partial charge on any atom is -0.351 e. The molecular formula is C18H21N7. The van der Waals surface area contributed by atoms with Gasteiger partial charge in [-0.05, 0) is 36.6 Å². The van der Waals surface area contributed by atoms with Gasteiger partial charge in [-0.25, -0.2) is 9.67 Å². The molecule has 1 aromatic carbocycles. The molecule has 1 N–H and O–H groups in total. The highest BCUT2D eigenvalue weighted by atomic mass is 15.3. The lowest BCUT2D eigenvalue weighted by Gasteiger charge is -2.25. The number of aromatic nitrogens is 5. The Bertz CT molecular complexity index is 788. The molecule has 1 aliphatic rings. The molecule has 0 unspecified atom stereocenters. The van der Waals surface area contributed by atoms with Crippen molar-refractivity contribution in [1.82, 2.24) is 30.3 Å². The number of nitrogens with one attached hydrogen (secondary N) is 1. The van der Waals surface area contributed by atoms with E-state index in [2.05, 4.69) is 48.7 Å². The van der Waals surface area contributed by atoms with E-state index >= 15 is 0 Å². The lowest BCUT2D eigenvalue weighted by Crippen LogP contribution is -2.38. The molecule has 1 fully saturated rings. The lowest BCUT2D eigenvalue weighted by molar-refractivity contribution is 0.568. The minimum atomic E-state index is 0.454. The summed E-state index contributed by atoms with van der Waals surface area (Å²) in [5.41, 5.74) is 2.27. The molecule has 4 rings (SSSR count). The zero-order chi connectivity index (χ0) is 16.9. The van der Waals surface area contributed by atoms with Crippen molar-refractivity contribution in [2.24, 2.45) is 0 Å². The maximum atomic E-state index is 4.25. The quantitative estimate of drug-likeness (QED) is 0.741. The third-order valence-electron chi connectivity index (χ3n) is 4.58. The minimum absolute atomic E-state index is 0.454. The highest BCUT2D eigenvalue weighted by molar-refractivity contribution is 5.41. The second-order valence-corrected chi connectivity index (χ2v) is 6.17. The van der Waals surface area contributed by atoms with Crippen LogP contribution in [-0.2, 0) is 6.54 Å². The average Bonchev–Trinajstić information content (AvgIpc) is 3.35. The van der Waals surface area contributed by atoms with Gasteiger partial charge in [0.05, 0.1) is 5.69 Å². The summed E-state index contributed by atoms with van der Waals surface area (Å²) >= 11 is 0. The first kappa shape index (κ1) is 15.7. The van der Waals surface area contributed by atoms with Crippen molar-refractivity contribution in [2.75, 3.05) is 18.0 Å². The van der Waals surface area contributed by atoms with Crippen molar-refractivity contribution in [3.8, 4) is 5.69 Å². The summed E-state index contributed by atoms with van der Waals surface area (Å²) in [6.07, 6.45) is 7.37. The van der Waals surface area contributed by atoms with E-state index in [0.717, 1.165) is 31.1 Å². The van der Waals surface area contributed by atoms with Crippen molar-refractivity contribution < 1.29 is 0 Å². The first-order valence-corrected chi connectivity index (χ1v) is 8.60. The third kappa shape index (κ3) is 3.51. The molecule has 1 atom stereocenters. The second kappa shape index (κ2) is 7.40. The van der Waals surface area contributed by atoms with E-state index in [9.17, 15) is 0 Å². The van der Waals surface area contributed by atoms with E-state index in [4.69, 9.17) is 0 Å². The Labute approximate surface area is 146 Å². The number of rotatable bonds is 6. The van der Waals surface area contributed by atoms with Gasteiger partial charge in [0.2, 0.25) is 0 Å². The van der Waals surface area contributed by atoms with Crippen LogP contribution in [0.2, 0.25) is 0 Å². The van der Waals surface area contributed by atoms with Gasteiger partial charge in [0.1, 0.15) is 12.7 Å². The van der Waals surface area contributed by atoms with Gasteiger partial charge < -0.3 is 10.2 Å². The molecule has 7 nitrogen and oxygen atoms in total. The summed E-state index contributed by atoms with van der Waals surface area (Å²) in [6, 6.07) is 12.7. The van der Waals surface area contributed by atoms with Gasteiger partial charge in [0.15, 0.2) is 5.82 Å². The smallest absolute Gasteiger partial charge is 0.151 e. The molecule has 1 aliphatic heterocycles. The topological polar surface area (TPSA) is 71.8 Å². The van der Waals surface area contributed by atoms with E-state index in [1.165, 1.54) is 18.4 Å². The van der Waals surface area contributed by atoms with Crippen LogP contribution in [0.25, 0.3) is 5.69 Å². The average molecular weight is 335 g/mol. The highest BCUT2D eigenvalue weighted by Crippen LogP contribution is 2.22. The van der Waals surface area contributed by atoms with Crippen LogP contribution in [-0.4, -0.2) is 44.1 Å². The van der Waals surface area contributed by atoms with Gasteiger partial charge in [-0.3, -0.25) is 0 Å².